The van der Waals surface area contributed by atoms with Crippen LogP contribution in [0.1, 0.15) is 32.0 Å². The van der Waals surface area contributed by atoms with Gasteiger partial charge in [-0.1, -0.05) is 18.2 Å². The molecule has 0 bridgehead atoms. The molecule has 4 heteroatoms. The summed E-state index contributed by atoms with van der Waals surface area (Å²) in [5, 5.41) is 8.03. The quantitative estimate of drug-likeness (QED) is 0.887. The molecule has 114 valence electrons. The molecule has 1 aromatic heterocycles. The zero-order valence-corrected chi connectivity index (χ0v) is 13.4. The van der Waals surface area contributed by atoms with Gasteiger partial charge in [-0.2, -0.15) is 5.10 Å². The maximum atomic E-state index is 5.70. The lowest BCUT2D eigenvalue weighted by Gasteiger charge is -2.20. The first-order chi connectivity index (χ1) is 9.94. The van der Waals surface area contributed by atoms with Gasteiger partial charge in [-0.3, -0.25) is 4.68 Å². The molecular formula is C17H25N3O. The number of aromatic nitrogens is 2. The first-order valence-corrected chi connectivity index (χ1v) is 7.40. The lowest BCUT2D eigenvalue weighted by atomic mass is 10.1. The Bertz CT molecular complexity index is 555. The number of nitrogens with zero attached hydrogens (tertiary/aromatic N) is 2. The summed E-state index contributed by atoms with van der Waals surface area (Å²) in [6.45, 7) is 10.8. The number of rotatable bonds is 6. The van der Waals surface area contributed by atoms with Crippen LogP contribution in [0.3, 0.4) is 0 Å². The molecule has 0 atom stereocenters. The molecule has 0 saturated carbocycles. The van der Waals surface area contributed by atoms with E-state index in [1.807, 2.05) is 41.9 Å². The van der Waals surface area contributed by atoms with E-state index in [9.17, 15) is 0 Å². The van der Waals surface area contributed by atoms with Crippen LogP contribution in [-0.4, -0.2) is 21.9 Å². The number of para-hydroxylation sites is 1. The minimum absolute atomic E-state index is 0.116. The number of hydrogen-bond acceptors (Lipinski definition) is 3. The van der Waals surface area contributed by atoms with Crippen molar-refractivity contribution in [2.24, 2.45) is 0 Å². The van der Waals surface area contributed by atoms with Crippen LogP contribution < -0.4 is 10.1 Å². The second kappa shape index (κ2) is 6.76. The Kier molecular flexibility index (Phi) is 5.02. The lowest BCUT2D eigenvalue weighted by Crippen LogP contribution is -2.35. The van der Waals surface area contributed by atoms with Crippen molar-refractivity contribution in [3.63, 3.8) is 0 Å². The van der Waals surface area contributed by atoms with Crippen LogP contribution in [0.4, 0.5) is 0 Å². The maximum Gasteiger partial charge on any atom is 0.119 e. The molecule has 0 radical (unpaired) electrons. The summed E-state index contributed by atoms with van der Waals surface area (Å²) in [7, 11) is 0. The summed E-state index contributed by atoms with van der Waals surface area (Å²) in [6.07, 6.45) is 2.10. The molecule has 4 nitrogen and oxygen atoms in total. The first kappa shape index (κ1) is 15.6. The fraction of sp³-hybridized carbons (Fsp3) is 0.471. The normalized spacial score (nSPS) is 11.6. The van der Waals surface area contributed by atoms with Gasteiger partial charge >= 0.3 is 0 Å². The molecule has 0 amide bonds. The van der Waals surface area contributed by atoms with Gasteiger partial charge in [-0.15, -0.1) is 0 Å². The minimum Gasteiger partial charge on any atom is -0.492 e. The van der Waals surface area contributed by atoms with Crippen molar-refractivity contribution in [3.8, 4) is 5.75 Å². The Labute approximate surface area is 127 Å². The molecule has 21 heavy (non-hydrogen) atoms. The third-order valence-corrected chi connectivity index (χ3v) is 3.19. The highest BCUT2D eigenvalue weighted by atomic mass is 16.5. The van der Waals surface area contributed by atoms with Crippen LogP contribution in [0.2, 0.25) is 0 Å². The zero-order valence-electron chi connectivity index (χ0n) is 13.4. The highest BCUT2D eigenvalue weighted by molar-refractivity contribution is 5.20. The van der Waals surface area contributed by atoms with Crippen LogP contribution in [0, 0.1) is 6.92 Å². The first-order valence-electron chi connectivity index (χ1n) is 7.40. The summed E-state index contributed by atoms with van der Waals surface area (Å²) in [4.78, 5) is 0. The van der Waals surface area contributed by atoms with Gasteiger partial charge < -0.3 is 10.1 Å². The summed E-state index contributed by atoms with van der Waals surface area (Å²) < 4.78 is 7.65. The molecule has 2 aromatic rings. The van der Waals surface area contributed by atoms with E-state index in [2.05, 4.69) is 37.4 Å². The van der Waals surface area contributed by atoms with E-state index in [0.29, 0.717) is 6.61 Å². The van der Waals surface area contributed by atoms with E-state index in [1.54, 1.807) is 0 Å². The van der Waals surface area contributed by atoms with Crippen LogP contribution >= 0.6 is 0 Å². The van der Waals surface area contributed by atoms with Gasteiger partial charge in [-0.25, -0.2) is 0 Å². The third kappa shape index (κ3) is 5.23. The monoisotopic (exact) mass is 287 g/mol. The lowest BCUT2D eigenvalue weighted by molar-refractivity contribution is 0.291. The number of benzene rings is 1. The Morgan fingerprint density at radius 3 is 2.57 bits per heavy atom. The van der Waals surface area contributed by atoms with Crippen molar-refractivity contribution in [1.29, 1.82) is 0 Å². The Morgan fingerprint density at radius 2 is 1.90 bits per heavy atom. The molecular weight excluding hydrogens is 262 g/mol. The smallest absolute Gasteiger partial charge is 0.119 e. The number of nitrogens with one attached hydrogen (secondary N) is 1. The van der Waals surface area contributed by atoms with Gasteiger partial charge in [0.15, 0.2) is 0 Å². The summed E-state index contributed by atoms with van der Waals surface area (Å²) in [5.41, 5.74) is 2.43. The molecule has 0 spiro atoms. The van der Waals surface area contributed by atoms with Crippen molar-refractivity contribution in [3.05, 3.63) is 47.8 Å². The fourth-order valence-corrected chi connectivity index (χ4v) is 1.98. The molecule has 0 unspecified atom stereocenters. The maximum absolute atomic E-state index is 5.70. The molecule has 0 aliphatic carbocycles. The average Bonchev–Trinajstić information content (AvgIpc) is 2.77. The van der Waals surface area contributed by atoms with Crippen molar-refractivity contribution in [2.75, 3.05) is 6.61 Å². The molecule has 0 fully saturated rings. The molecule has 1 aromatic carbocycles. The Hall–Kier alpha value is -1.81. The molecule has 0 saturated heterocycles. The predicted octanol–water partition coefficient (Wildman–Crippen LogP) is 3.16. The highest BCUT2D eigenvalue weighted by Gasteiger charge is 2.11. The Balaban J connectivity index is 1.84. The number of aryl methyl sites for hydroxylation is 1. The van der Waals surface area contributed by atoms with Crippen LogP contribution in [-0.2, 0) is 13.1 Å². The molecule has 1 N–H and O–H groups in total. The van der Waals surface area contributed by atoms with E-state index in [-0.39, 0.29) is 5.54 Å². The second-order valence-electron chi connectivity index (χ2n) is 6.27. The predicted molar refractivity (Wildman–Crippen MR) is 85.5 cm³/mol. The molecule has 0 aliphatic heterocycles. The van der Waals surface area contributed by atoms with Gasteiger partial charge in [0, 0.05) is 23.8 Å². The highest BCUT2D eigenvalue weighted by Crippen LogP contribution is 2.10. The Morgan fingerprint density at radius 1 is 1.19 bits per heavy atom. The summed E-state index contributed by atoms with van der Waals surface area (Å²) in [6, 6.07) is 9.87. The van der Waals surface area contributed by atoms with Crippen LogP contribution in [0.25, 0.3) is 0 Å². The van der Waals surface area contributed by atoms with Gasteiger partial charge in [-0.05, 0) is 39.8 Å². The van der Waals surface area contributed by atoms with Gasteiger partial charge in [0.2, 0.25) is 0 Å². The van der Waals surface area contributed by atoms with Crippen molar-refractivity contribution >= 4 is 0 Å². The fourth-order valence-electron chi connectivity index (χ4n) is 1.98. The van der Waals surface area contributed by atoms with E-state index in [4.69, 9.17) is 4.74 Å². The van der Waals surface area contributed by atoms with Gasteiger partial charge in [0.05, 0.1) is 12.2 Å². The minimum atomic E-state index is 0.116. The molecule has 2 rings (SSSR count). The standard InChI is InChI=1S/C17H25N3O/c1-14-15(12-18-17(2,3)4)13-20(19-14)10-11-21-16-8-6-5-7-9-16/h5-9,13,18H,10-12H2,1-4H3. The van der Waals surface area contributed by atoms with Crippen LogP contribution in [0.15, 0.2) is 36.5 Å². The summed E-state index contributed by atoms with van der Waals surface area (Å²) >= 11 is 0. The van der Waals surface area contributed by atoms with Crippen molar-refractivity contribution in [2.45, 2.75) is 46.3 Å². The second-order valence-corrected chi connectivity index (χ2v) is 6.27. The van der Waals surface area contributed by atoms with Gasteiger partial charge in [0.1, 0.15) is 12.4 Å². The zero-order chi connectivity index (χ0) is 15.3. The van der Waals surface area contributed by atoms with E-state index in [0.717, 1.165) is 24.5 Å². The van der Waals surface area contributed by atoms with Crippen molar-refractivity contribution in [1.82, 2.24) is 15.1 Å². The van der Waals surface area contributed by atoms with Crippen molar-refractivity contribution < 1.29 is 4.74 Å². The molecule has 0 aliphatic rings. The average molecular weight is 287 g/mol. The number of hydrogen-bond donors (Lipinski definition) is 1. The topological polar surface area (TPSA) is 39.1 Å². The summed E-state index contributed by atoms with van der Waals surface area (Å²) in [5.74, 6) is 0.899. The van der Waals surface area contributed by atoms with Gasteiger partial charge in [0.25, 0.3) is 0 Å². The molecule has 1 heterocycles. The SMILES string of the molecule is Cc1nn(CCOc2ccccc2)cc1CNC(C)(C)C. The third-order valence-electron chi connectivity index (χ3n) is 3.19. The van der Waals surface area contributed by atoms with E-state index in [1.165, 1.54) is 5.56 Å². The number of ether oxygens (including phenoxy) is 1. The van der Waals surface area contributed by atoms with E-state index >= 15 is 0 Å². The van der Waals surface area contributed by atoms with Crippen LogP contribution in [0.5, 0.6) is 5.75 Å². The largest absolute Gasteiger partial charge is 0.492 e. The van der Waals surface area contributed by atoms with E-state index < -0.39 is 0 Å².